The average Bonchev–Trinajstić information content (AvgIpc) is 2.45. The van der Waals surface area contributed by atoms with E-state index in [9.17, 15) is 4.79 Å². The number of hydrogen-bond acceptors (Lipinski definition) is 2. The summed E-state index contributed by atoms with van der Waals surface area (Å²) in [7, 11) is 0. The van der Waals surface area contributed by atoms with Crippen LogP contribution in [0.15, 0.2) is 24.3 Å². The van der Waals surface area contributed by atoms with Gasteiger partial charge in [0.05, 0.1) is 12.7 Å². The van der Waals surface area contributed by atoms with Gasteiger partial charge in [0.25, 0.3) is 0 Å². The molecule has 1 aromatic rings. The zero-order valence-electron chi connectivity index (χ0n) is 12.8. The summed E-state index contributed by atoms with van der Waals surface area (Å²) in [4.78, 5) is 10.8. The predicted molar refractivity (Wildman–Crippen MR) is 81.7 cm³/mol. The Morgan fingerprint density at radius 2 is 2.15 bits per heavy atom. The standard InChI is InChI=1S/C18H26O2/c1-13(2)17-8-7-14(3)9-18(17)20-12-16-6-4-5-15(10-16)11-19/h4-6,10-11,13-14,17-18H,7-9,12H2,1-3H3/t14-,17?,18-/m0/s1. The number of ether oxygens (including phenoxy) is 1. The van der Waals surface area contributed by atoms with E-state index in [2.05, 4.69) is 20.8 Å². The van der Waals surface area contributed by atoms with Crippen LogP contribution in [0.3, 0.4) is 0 Å². The van der Waals surface area contributed by atoms with E-state index in [0.29, 0.717) is 24.5 Å². The van der Waals surface area contributed by atoms with Crippen molar-refractivity contribution in [1.29, 1.82) is 0 Å². The van der Waals surface area contributed by atoms with Gasteiger partial charge >= 0.3 is 0 Å². The molecule has 1 aromatic carbocycles. The highest BCUT2D eigenvalue weighted by Crippen LogP contribution is 2.35. The summed E-state index contributed by atoms with van der Waals surface area (Å²) in [6.07, 6.45) is 5.01. The molecule has 0 aliphatic heterocycles. The molecule has 1 aliphatic carbocycles. The lowest BCUT2D eigenvalue weighted by atomic mass is 9.75. The Morgan fingerprint density at radius 3 is 2.85 bits per heavy atom. The highest BCUT2D eigenvalue weighted by Gasteiger charge is 2.31. The highest BCUT2D eigenvalue weighted by atomic mass is 16.5. The van der Waals surface area contributed by atoms with Gasteiger partial charge in [-0.15, -0.1) is 0 Å². The molecule has 110 valence electrons. The molecule has 1 aliphatic rings. The number of benzene rings is 1. The minimum Gasteiger partial charge on any atom is -0.373 e. The van der Waals surface area contributed by atoms with Crippen molar-refractivity contribution in [3.8, 4) is 0 Å². The predicted octanol–water partition coefficient (Wildman–Crippen LogP) is 4.48. The van der Waals surface area contributed by atoms with Crippen LogP contribution in [0.2, 0.25) is 0 Å². The maximum atomic E-state index is 10.8. The summed E-state index contributed by atoms with van der Waals surface area (Å²) in [6.45, 7) is 7.52. The summed E-state index contributed by atoms with van der Waals surface area (Å²) >= 11 is 0. The smallest absolute Gasteiger partial charge is 0.150 e. The van der Waals surface area contributed by atoms with E-state index in [1.54, 1.807) is 0 Å². The van der Waals surface area contributed by atoms with E-state index in [4.69, 9.17) is 4.74 Å². The molecular weight excluding hydrogens is 248 g/mol. The molecule has 1 unspecified atom stereocenters. The number of hydrogen-bond donors (Lipinski definition) is 0. The first kappa shape index (κ1) is 15.2. The summed E-state index contributed by atoms with van der Waals surface area (Å²) in [6, 6.07) is 7.70. The Hall–Kier alpha value is -1.15. The molecule has 0 aromatic heterocycles. The topological polar surface area (TPSA) is 26.3 Å². The summed E-state index contributed by atoms with van der Waals surface area (Å²) < 4.78 is 6.20. The van der Waals surface area contributed by atoms with Gasteiger partial charge in [0.2, 0.25) is 0 Å². The Labute approximate surface area is 122 Å². The van der Waals surface area contributed by atoms with Gasteiger partial charge in [0.1, 0.15) is 6.29 Å². The minimum absolute atomic E-state index is 0.360. The highest BCUT2D eigenvalue weighted by molar-refractivity contribution is 5.74. The summed E-state index contributed by atoms with van der Waals surface area (Å²) in [5.74, 6) is 2.10. The van der Waals surface area contributed by atoms with Gasteiger partial charge in [-0.05, 0) is 42.2 Å². The normalized spacial score (nSPS) is 26.7. The molecule has 2 rings (SSSR count). The third-order valence-corrected chi connectivity index (χ3v) is 4.51. The zero-order chi connectivity index (χ0) is 14.5. The lowest BCUT2D eigenvalue weighted by Crippen LogP contribution is -2.34. The van der Waals surface area contributed by atoms with Gasteiger partial charge in [-0.25, -0.2) is 0 Å². The Balaban J connectivity index is 1.97. The third-order valence-electron chi connectivity index (χ3n) is 4.51. The lowest BCUT2D eigenvalue weighted by molar-refractivity contribution is -0.0472. The van der Waals surface area contributed by atoms with Crippen LogP contribution < -0.4 is 0 Å². The molecule has 1 fully saturated rings. The second kappa shape index (κ2) is 7.03. The van der Waals surface area contributed by atoms with Crippen LogP contribution in [0.4, 0.5) is 0 Å². The first-order chi connectivity index (χ1) is 9.60. The molecule has 20 heavy (non-hydrogen) atoms. The van der Waals surface area contributed by atoms with Crippen molar-refractivity contribution < 1.29 is 9.53 Å². The van der Waals surface area contributed by atoms with Crippen LogP contribution in [-0.4, -0.2) is 12.4 Å². The number of carbonyl (C=O) groups is 1. The van der Waals surface area contributed by atoms with Gasteiger partial charge in [-0.1, -0.05) is 45.4 Å². The molecule has 0 heterocycles. The van der Waals surface area contributed by atoms with Crippen molar-refractivity contribution in [3.05, 3.63) is 35.4 Å². The first-order valence-corrected chi connectivity index (χ1v) is 7.76. The Bertz CT molecular complexity index is 439. The number of carbonyl (C=O) groups excluding carboxylic acids is 1. The van der Waals surface area contributed by atoms with Crippen LogP contribution in [0.5, 0.6) is 0 Å². The van der Waals surface area contributed by atoms with Crippen molar-refractivity contribution >= 4 is 6.29 Å². The average molecular weight is 274 g/mol. The molecule has 1 saturated carbocycles. The van der Waals surface area contributed by atoms with Crippen LogP contribution in [0.1, 0.15) is 56.0 Å². The molecule has 0 bridgehead atoms. The fourth-order valence-electron chi connectivity index (χ4n) is 3.27. The fraction of sp³-hybridized carbons (Fsp3) is 0.611. The summed E-state index contributed by atoms with van der Waals surface area (Å²) in [5.41, 5.74) is 1.82. The number of rotatable bonds is 5. The van der Waals surface area contributed by atoms with E-state index >= 15 is 0 Å². The Kier molecular flexibility index (Phi) is 5.36. The van der Waals surface area contributed by atoms with Crippen molar-refractivity contribution in [2.24, 2.45) is 17.8 Å². The Morgan fingerprint density at radius 1 is 1.35 bits per heavy atom. The molecule has 0 N–H and O–H groups in total. The van der Waals surface area contributed by atoms with E-state index in [-0.39, 0.29) is 0 Å². The molecule has 0 amide bonds. The second-order valence-electron chi connectivity index (χ2n) is 6.54. The van der Waals surface area contributed by atoms with Gasteiger partial charge in [-0.2, -0.15) is 0 Å². The van der Waals surface area contributed by atoms with E-state index in [1.165, 1.54) is 12.8 Å². The zero-order valence-corrected chi connectivity index (χ0v) is 12.8. The van der Waals surface area contributed by atoms with E-state index in [1.807, 2.05) is 24.3 Å². The largest absolute Gasteiger partial charge is 0.373 e. The van der Waals surface area contributed by atoms with Crippen molar-refractivity contribution in [2.75, 3.05) is 0 Å². The van der Waals surface area contributed by atoms with Crippen LogP contribution in [0, 0.1) is 17.8 Å². The molecule has 0 saturated heterocycles. The third kappa shape index (κ3) is 3.92. The minimum atomic E-state index is 0.360. The van der Waals surface area contributed by atoms with Crippen LogP contribution >= 0.6 is 0 Å². The number of aldehydes is 1. The molecule has 2 nitrogen and oxygen atoms in total. The van der Waals surface area contributed by atoms with E-state index in [0.717, 1.165) is 29.8 Å². The van der Waals surface area contributed by atoms with Gasteiger partial charge in [0, 0.05) is 5.56 Å². The molecule has 2 heteroatoms. The first-order valence-electron chi connectivity index (χ1n) is 7.76. The lowest BCUT2D eigenvalue weighted by Gasteiger charge is -2.37. The van der Waals surface area contributed by atoms with Gasteiger partial charge in [-0.3, -0.25) is 4.79 Å². The van der Waals surface area contributed by atoms with Crippen molar-refractivity contribution in [1.82, 2.24) is 0 Å². The van der Waals surface area contributed by atoms with Crippen LogP contribution in [-0.2, 0) is 11.3 Å². The van der Waals surface area contributed by atoms with Gasteiger partial charge in [0.15, 0.2) is 0 Å². The maximum Gasteiger partial charge on any atom is 0.150 e. The van der Waals surface area contributed by atoms with Gasteiger partial charge < -0.3 is 4.74 Å². The monoisotopic (exact) mass is 274 g/mol. The summed E-state index contributed by atoms with van der Waals surface area (Å²) in [5, 5.41) is 0. The molecular formula is C18H26O2. The molecule has 0 radical (unpaired) electrons. The molecule has 0 spiro atoms. The quantitative estimate of drug-likeness (QED) is 0.740. The SMILES string of the molecule is CC(C)C1CC[C@H](C)C[C@@H]1OCc1cccc(C=O)c1. The second-order valence-corrected chi connectivity index (χ2v) is 6.54. The van der Waals surface area contributed by atoms with E-state index < -0.39 is 0 Å². The van der Waals surface area contributed by atoms with Crippen molar-refractivity contribution in [2.45, 2.75) is 52.7 Å². The fourth-order valence-corrected chi connectivity index (χ4v) is 3.27. The van der Waals surface area contributed by atoms with Crippen molar-refractivity contribution in [3.63, 3.8) is 0 Å². The van der Waals surface area contributed by atoms with Crippen LogP contribution in [0.25, 0.3) is 0 Å². The maximum absolute atomic E-state index is 10.8. The molecule has 3 atom stereocenters.